The Kier molecular flexibility index (Phi) is 5.99. The van der Waals surface area contributed by atoms with Gasteiger partial charge < -0.3 is 10.0 Å². The minimum atomic E-state index is -1.03. The third-order valence-electron chi connectivity index (χ3n) is 3.58. The van der Waals surface area contributed by atoms with E-state index in [0.717, 1.165) is 25.2 Å². The standard InChI is InChI=1S/C15H24N2O2/c1-4-17(5-2)12-11-16-15(3,14(18)19)13-9-7-6-8-10-13/h6-10,16H,4-5,11-12H2,1-3H3,(H,18,19). The highest BCUT2D eigenvalue weighted by Crippen LogP contribution is 2.20. The lowest BCUT2D eigenvalue weighted by Crippen LogP contribution is -2.49. The van der Waals surface area contributed by atoms with E-state index in [1.54, 1.807) is 6.92 Å². The van der Waals surface area contributed by atoms with E-state index in [2.05, 4.69) is 24.1 Å². The third kappa shape index (κ3) is 4.04. The molecule has 1 atom stereocenters. The molecule has 0 aromatic heterocycles. The van der Waals surface area contributed by atoms with Crippen molar-refractivity contribution in [3.8, 4) is 0 Å². The van der Waals surface area contributed by atoms with E-state index in [1.807, 2.05) is 30.3 Å². The average Bonchev–Trinajstić information content (AvgIpc) is 2.44. The fourth-order valence-corrected chi connectivity index (χ4v) is 2.08. The molecule has 4 nitrogen and oxygen atoms in total. The van der Waals surface area contributed by atoms with Gasteiger partial charge in [-0.2, -0.15) is 0 Å². The van der Waals surface area contributed by atoms with Gasteiger partial charge in [-0.05, 0) is 25.6 Å². The van der Waals surface area contributed by atoms with Crippen LogP contribution in [0.5, 0.6) is 0 Å². The minimum absolute atomic E-state index is 0.652. The Hall–Kier alpha value is -1.39. The second kappa shape index (κ2) is 7.26. The zero-order valence-corrected chi connectivity index (χ0v) is 12.0. The predicted octanol–water partition coefficient (Wildman–Crippen LogP) is 1.92. The van der Waals surface area contributed by atoms with Crippen LogP contribution in [0.2, 0.25) is 0 Å². The number of carboxylic acids is 1. The lowest BCUT2D eigenvalue weighted by Gasteiger charge is -2.28. The van der Waals surface area contributed by atoms with Crippen LogP contribution in [0.4, 0.5) is 0 Å². The van der Waals surface area contributed by atoms with Crippen LogP contribution in [-0.4, -0.2) is 42.2 Å². The van der Waals surface area contributed by atoms with Gasteiger partial charge in [-0.1, -0.05) is 44.2 Å². The van der Waals surface area contributed by atoms with Gasteiger partial charge in [-0.3, -0.25) is 5.32 Å². The Balaban J connectivity index is 2.71. The number of likely N-dealkylation sites (N-methyl/N-ethyl adjacent to an activating group) is 1. The Morgan fingerprint density at radius 2 is 1.84 bits per heavy atom. The summed E-state index contributed by atoms with van der Waals surface area (Å²) in [4.78, 5) is 13.8. The van der Waals surface area contributed by atoms with E-state index in [9.17, 15) is 9.90 Å². The zero-order valence-electron chi connectivity index (χ0n) is 12.0. The van der Waals surface area contributed by atoms with Crippen LogP contribution in [0.1, 0.15) is 26.3 Å². The summed E-state index contributed by atoms with van der Waals surface area (Å²) < 4.78 is 0. The smallest absolute Gasteiger partial charge is 0.328 e. The Labute approximate surface area is 115 Å². The molecule has 0 bridgehead atoms. The quantitative estimate of drug-likeness (QED) is 0.753. The molecule has 1 rings (SSSR count). The van der Waals surface area contributed by atoms with Crippen molar-refractivity contribution in [1.82, 2.24) is 10.2 Å². The lowest BCUT2D eigenvalue weighted by molar-refractivity contribution is -0.144. The van der Waals surface area contributed by atoms with Crippen molar-refractivity contribution in [3.63, 3.8) is 0 Å². The number of rotatable bonds is 8. The van der Waals surface area contributed by atoms with Crippen molar-refractivity contribution in [3.05, 3.63) is 35.9 Å². The van der Waals surface area contributed by atoms with Crippen LogP contribution in [0.3, 0.4) is 0 Å². The normalized spacial score (nSPS) is 14.3. The van der Waals surface area contributed by atoms with E-state index >= 15 is 0 Å². The van der Waals surface area contributed by atoms with Crippen LogP contribution in [-0.2, 0) is 10.3 Å². The summed E-state index contributed by atoms with van der Waals surface area (Å²) in [6.07, 6.45) is 0. The number of benzene rings is 1. The van der Waals surface area contributed by atoms with Gasteiger partial charge in [0.2, 0.25) is 0 Å². The molecule has 19 heavy (non-hydrogen) atoms. The van der Waals surface area contributed by atoms with E-state index < -0.39 is 11.5 Å². The molecule has 0 heterocycles. The van der Waals surface area contributed by atoms with Gasteiger partial charge >= 0.3 is 5.97 Å². The van der Waals surface area contributed by atoms with E-state index in [0.29, 0.717) is 6.54 Å². The molecule has 106 valence electrons. The number of aliphatic carboxylic acids is 1. The molecule has 4 heteroatoms. The first-order valence-corrected chi connectivity index (χ1v) is 6.80. The van der Waals surface area contributed by atoms with Gasteiger partial charge in [0.25, 0.3) is 0 Å². The maximum absolute atomic E-state index is 11.6. The van der Waals surface area contributed by atoms with Crippen LogP contribution in [0.15, 0.2) is 30.3 Å². The maximum atomic E-state index is 11.6. The molecule has 0 aliphatic heterocycles. The molecule has 1 aromatic carbocycles. The molecule has 0 saturated heterocycles. The van der Waals surface area contributed by atoms with E-state index in [4.69, 9.17) is 0 Å². The summed E-state index contributed by atoms with van der Waals surface area (Å²) in [5, 5.41) is 12.7. The summed E-state index contributed by atoms with van der Waals surface area (Å²) in [5.74, 6) is -0.849. The number of nitrogens with zero attached hydrogens (tertiary/aromatic N) is 1. The van der Waals surface area contributed by atoms with E-state index in [1.165, 1.54) is 0 Å². The van der Waals surface area contributed by atoms with Crippen molar-refractivity contribution < 1.29 is 9.90 Å². The number of hydrogen-bond donors (Lipinski definition) is 2. The summed E-state index contributed by atoms with van der Waals surface area (Å²) in [7, 11) is 0. The largest absolute Gasteiger partial charge is 0.480 e. The fourth-order valence-electron chi connectivity index (χ4n) is 2.08. The molecular weight excluding hydrogens is 240 g/mol. The van der Waals surface area contributed by atoms with Gasteiger partial charge in [0.15, 0.2) is 0 Å². The molecular formula is C15H24N2O2. The average molecular weight is 264 g/mol. The van der Waals surface area contributed by atoms with Crippen molar-refractivity contribution in [1.29, 1.82) is 0 Å². The second-order valence-corrected chi connectivity index (χ2v) is 4.75. The van der Waals surface area contributed by atoms with Crippen molar-refractivity contribution in [2.75, 3.05) is 26.2 Å². The number of hydrogen-bond acceptors (Lipinski definition) is 3. The SMILES string of the molecule is CCN(CC)CCNC(C)(C(=O)O)c1ccccc1. The molecule has 1 unspecified atom stereocenters. The Morgan fingerprint density at radius 1 is 1.26 bits per heavy atom. The minimum Gasteiger partial charge on any atom is -0.480 e. The number of carbonyl (C=O) groups is 1. The highest BCUT2D eigenvalue weighted by molar-refractivity contribution is 5.80. The van der Waals surface area contributed by atoms with Crippen LogP contribution in [0.25, 0.3) is 0 Å². The summed E-state index contributed by atoms with van der Waals surface area (Å²) >= 11 is 0. The number of carboxylic acid groups (broad SMARTS) is 1. The summed E-state index contributed by atoms with van der Waals surface area (Å²) in [5.41, 5.74) is -0.254. The maximum Gasteiger partial charge on any atom is 0.328 e. The first-order chi connectivity index (χ1) is 9.04. The highest BCUT2D eigenvalue weighted by atomic mass is 16.4. The third-order valence-corrected chi connectivity index (χ3v) is 3.58. The molecule has 0 aliphatic carbocycles. The Morgan fingerprint density at radius 3 is 2.32 bits per heavy atom. The molecule has 0 amide bonds. The molecule has 0 saturated carbocycles. The fraction of sp³-hybridized carbons (Fsp3) is 0.533. The van der Waals surface area contributed by atoms with Crippen LogP contribution < -0.4 is 5.32 Å². The van der Waals surface area contributed by atoms with Gasteiger partial charge in [-0.25, -0.2) is 4.79 Å². The van der Waals surface area contributed by atoms with Gasteiger partial charge in [0, 0.05) is 13.1 Å². The summed E-state index contributed by atoms with van der Waals surface area (Å²) in [6, 6.07) is 9.31. The molecule has 2 N–H and O–H groups in total. The number of nitrogens with one attached hydrogen (secondary N) is 1. The monoisotopic (exact) mass is 264 g/mol. The lowest BCUT2D eigenvalue weighted by atomic mass is 9.92. The topological polar surface area (TPSA) is 52.6 Å². The molecule has 0 aliphatic rings. The van der Waals surface area contributed by atoms with Crippen LogP contribution in [0, 0.1) is 0 Å². The molecule has 0 spiro atoms. The van der Waals surface area contributed by atoms with Crippen molar-refractivity contribution in [2.24, 2.45) is 0 Å². The van der Waals surface area contributed by atoms with Crippen molar-refractivity contribution >= 4 is 5.97 Å². The zero-order chi connectivity index (χ0) is 14.3. The van der Waals surface area contributed by atoms with Gasteiger partial charge in [-0.15, -0.1) is 0 Å². The summed E-state index contributed by atoms with van der Waals surface area (Å²) in [6.45, 7) is 9.39. The highest BCUT2D eigenvalue weighted by Gasteiger charge is 2.34. The predicted molar refractivity (Wildman–Crippen MR) is 77.2 cm³/mol. The van der Waals surface area contributed by atoms with Gasteiger partial charge in [0.1, 0.15) is 5.54 Å². The van der Waals surface area contributed by atoms with E-state index in [-0.39, 0.29) is 0 Å². The second-order valence-electron chi connectivity index (χ2n) is 4.75. The van der Waals surface area contributed by atoms with Crippen molar-refractivity contribution in [2.45, 2.75) is 26.3 Å². The molecule has 0 fully saturated rings. The molecule has 0 radical (unpaired) electrons. The first-order valence-electron chi connectivity index (χ1n) is 6.80. The Bertz CT molecular complexity index is 390. The van der Waals surface area contributed by atoms with Gasteiger partial charge in [0.05, 0.1) is 0 Å². The first kappa shape index (κ1) is 15.7. The molecule has 1 aromatic rings. The van der Waals surface area contributed by atoms with Crippen LogP contribution >= 0.6 is 0 Å².